The quantitative estimate of drug-likeness (QED) is 0.172. The number of nitrogens with one attached hydrogen (secondary N) is 1. The Morgan fingerprint density at radius 1 is 0.809 bits per heavy atom. The number of aryl methyl sites for hydroxylation is 2. The van der Waals surface area contributed by atoms with Gasteiger partial charge in [0.2, 0.25) is 11.8 Å². The lowest BCUT2D eigenvalue weighted by Gasteiger charge is -2.35. The first-order valence-electron chi connectivity index (χ1n) is 16.1. The fourth-order valence-electron chi connectivity index (χ4n) is 6.03. The van der Waals surface area contributed by atoms with Crippen LogP contribution in [0.5, 0.6) is 0 Å². The summed E-state index contributed by atoms with van der Waals surface area (Å²) in [5, 5.41) is 3.79. The Hall–Kier alpha value is -4.14. The molecule has 1 saturated carbocycles. The van der Waals surface area contributed by atoms with E-state index in [-0.39, 0.29) is 29.8 Å². The molecule has 0 aromatic heterocycles. The van der Waals surface area contributed by atoms with Crippen molar-refractivity contribution < 1.29 is 18.0 Å². The molecular weight excluding hydrogens is 630 g/mol. The Morgan fingerprint density at radius 2 is 1.49 bits per heavy atom. The zero-order chi connectivity index (χ0) is 33.4. The Labute approximate surface area is 283 Å². The highest BCUT2D eigenvalue weighted by Gasteiger charge is 2.35. The van der Waals surface area contributed by atoms with Crippen molar-refractivity contribution in [2.75, 3.05) is 10.8 Å². The molecule has 1 fully saturated rings. The largest absolute Gasteiger partial charge is 0.352 e. The van der Waals surface area contributed by atoms with E-state index in [2.05, 4.69) is 5.32 Å². The first-order valence-corrected chi connectivity index (χ1v) is 18.0. The standard InChI is InChI=1S/C38H42ClN3O4S/c1-28-16-22-35(23-17-28)47(45,46)42(34-15-9-10-29(2)24-34)27-37(43)41(26-31-18-20-32(39)21-19-31)36(25-30-11-5-3-6-12-30)38(44)40-33-13-7-4-8-14-33/h3,5-6,9-12,15-24,33,36H,4,7-8,13-14,25-27H2,1-2H3,(H,40,44). The van der Waals surface area contributed by atoms with Gasteiger partial charge in [-0.1, -0.05) is 103 Å². The van der Waals surface area contributed by atoms with Gasteiger partial charge < -0.3 is 10.2 Å². The average Bonchev–Trinajstić information content (AvgIpc) is 3.07. The molecule has 0 radical (unpaired) electrons. The number of halogens is 1. The van der Waals surface area contributed by atoms with E-state index in [9.17, 15) is 18.0 Å². The molecule has 1 N–H and O–H groups in total. The predicted octanol–water partition coefficient (Wildman–Crippen LogP) is 7.24. The third-order valence-corrected chi connectivity index (χ3v) is 10.7. The van der Waals surface area contributed by atoms with E-state index in [1.807, 2.05) is 62.4 Å². The molecule has 0 heterocycles. The highest BCUT2D eigenvalue weighted by molar-refractivity contribution is 7.92. The van der Waals surface area contributed by atoms with E-state index in [4.69, 9.17) is 11.6 Å². The number of hydrogen-bond acceptors (Lipinski definition) is 4. The van der Waals surface area contributed by atoms with Crippen LogP contribution in [-0.2, 0) is 32.6 Å². The zero-order valence-corrected chi connectivity index (χ0v) is 28.5. The van der Waals surface area contributed by atoms with Gasteiger partial charge in [-0.15, -0.1) is 0 Å². The van der Waals surface area contributed by atoms with Crippen molar-refractivity contribution in [1.82, 2.24) is 10.2 Å². The molecule has 0 aliphatic heterocycles. The summed E-state index contributed by atoms with van der Waals surface area (Å²) in [6, 6.07) is 29.6. The van der Waals surface area contributed by atoms with Gasteiger partial charge in [-0.25, -0.2) is 8.42 Å². The SMILES string of the molecule is Cc1ccc(S(=O)(=O)N(CC(=O)N(Cc2ccc(Cl)cc2)C(Cc2ccccc2)C(=O)NC2CCCCC2)c2cccc(C)c2)cc1. The van der Waals surface area contributed by atoms with Crippen LogP contribution in [-0.4, -0.2) is 43.8 Å². The molecular formula is C38H42ClN3O4S. The van der Waals surface area contributed by atoms with Crippen LogP contribution in [0.2, 0.25) is 5.02 Å². The number of anilines is 1. The van der Waals surface area contributed by atoms with Gasteiger partial charge in [0.25, 0.3) is 10.0 Å². The first kappa shape index (κ1) is 34.2. The lowest BCUT2D eigenvalue weighted by Crippen LogP contribution is -2.55. The molecule has 246 valence electrons. The van der Waals surface area contributed by atoms with Crippen molar-refractivity contribution in [2.45, 2.75) is 75.9 Å². The number of benzene rings is 4. The van der Waals surface area contributed by atoms with Crippen LogP contribution < -0.4 is 9.62 Å². The van der Waals surface area contributed by atoms with Gasteiger partial charge in [-0.05, 0) is 79.8 Å². The van der Waals surface area contributed by atoms with Crippen LogP contribution >= 0.6 is 11.6 Å². The molecule has 1 atom stereocenters. The number of carbonyl (C=O) groups excluding carboxylic acids is 2. The number of sulfonamides is 1. The molecule has 4 aromatic rings. The maximum atomic E-state index is 14.7. The van der Waals surface area contributed by atoms with Gasteiger partial charge in [0.15, 0.2) is 0 Å². The molecule has 0 spiro atoms. The molecule has 5 rings (SSSR count). The van der Waals surface area contributed by atoms with Crippen LogP contribution in [0.15, 0.2) is 108 Å². The van der Waals surface area contributed by atoms with Gasteiger partial charge in [0.1, 0.15) is 12.6 Å². The van der Waals surface area contributed by atoms with Crippen molar-refractivity contribution in [3.63, 3.8) is 0 Å². The molecule has 2 amide bonds. The summed E-state index contributed by atoms with van der Waals surface area (Å²) in [6.07, 6.45) is 5.29. The van der Waals surface area contributed by atoms with Crippen LogP contribution in [0.4, 0.5) is 5.69 Å². The highest BCUT2D eigenvalue weighted by Crippen LogP contribution is 2.27. The minimum absolute atomic E-state index is 0.0349. The summed E-state index contributed by atoms with van der Waals surface area (Å²) >= 11 is 6.19. The normalized spacial score (nSPS) is 14.3. The zero-order valence-electron chi connectivity index (χ0n) is 26.9. The number of amides is 2. The number of hydrogen-bond donors (Lipinski definition) is 1. The van der Waals surface area contributed by atoms with Gasteiger partial charge in [-0.2, -0.15) is 0 Å². The summed E-state index contributed by atoms with van der Waals surface area (Å²) in [5.74, 6) is -0.733. The molecule has 7 nitrogen and oxygen atoms in total. The first-order chi connectivity index (χ1) is 22.6. The molecule has 1 aliphatic rings. The van der Waals surface area contributed by atoms with Crippen LogP contribution in [0.3, 0.4) is 0 Å². The molecule has 0 bridgehead atoms. The smallest absolute Gasteiger partial charge is 0.264 e. The molecule has 4 aromatic carbocycles. The van der Waals surface area contributed by atoms with Gasteiger partial charge in [0.05, 0.1) is 10.6 Å². The van der Waals surface area contributed by atoms with Gasteiger partial charge >= 0.3 is 0 Å². The monoisotopic (exact) mass is 671 g/mol. The maximum absolute atomic E-state index is 14.7. The Bertz CT molecular complexity index is 1760. The Balaban J connectivity index is 1.56. The molecule has 9 heteroatoms. The van der Waals surface area contributed by atoms with Crippen LogP contribution in [0, 0.1) is 13.8 Å². The highest BCUT2D eigenvalue weighted by atomic mass is 35.5. The van der Waals surface area contributed by atoms with Crippen LogP contribution in [0.25, 0.3) is 0 Å². The maximum Gasteiger partial charge on any atom is 0.264 e. The van der Waals surface area contributed by atoms with E-state index in [1.54, 1.807) is 54.6 Å². The summed E-state index contributed by atoms with van der Waals surface area (Å²) < 4.78 is 29.6. The molecule has 1 aliphatic carbocycles. The minimum atomic E-state index is -4.15. The second-order valence-electron chi connectivity index (χ2n) is 12.4. The van der Waals surface area contributed by atoms with Gasteiger partial charge in [0, 0.05) is 24.0 Å². The molecule has 47 heavy (non-hydrogen) atoms. The topological polar surface area (TPSA) is 86.8 Å². The Morgan fingerprint density at radius 3 is 2.15 bits per heavy atom. The molecule has 1 unspecified atom stereocenters. The van der Waals surface area contributed by atoms with E-state index < -0.39 is 28.5 Å². The van der Waals surface area contributed by atoms with Crippen molar-refractivity contribution in [3.05, 3.63) is 130 Å². The van der Waals surface area contributed by atoms with Crippen molar-refractivity contribution in [3.8, 4) is 0 Å². The summed E-state index contributed by atoms with van der Waals surface area (Å²) in [5.41, 5.74) is 3.81. The fourth-order valence-corrected chi connectivity index (χ4v) is 7.57. The van der Waals surface area contributed by atoms with E-state index >= 15 is 0 Å². The third kappa shape index (κ3) is 9.02. The predicted molar refractivity (Wildman–Crippen MR) is 188 cm³/mol. The summed E-state index contributed by atoms with van der Waals surface area (Å²) in [7, 11) is -4.15. The average molecular weight is 672 g/mol. The Kier molecular flexibility index (Phi) is 11.4. The third-order valence-electron chi connectivity index (χ3n) is 8.67. The van der Waals surface area contributed by atoms with E-state index in [0.717, 1.165) is 58.7 Å². The number of rotatable bonds is 12. The van der Waals surface area contributed by atoms with Crippen LogP contribution in [0.1, 0.15) is 54.4 Å². The second kappa shape index (κ2) is 15.6. The number of nitrogens with zero attached hydrogens (tertiary/aromatic N) is 2. The number of carbonyl (C=O) groups is 2. The lowest BCUT2D eigenvalue weighted by atomic mass is 9.94. The minimum Gasteiger partial charge on any atom is -0.352 e. The second-order valence-corrected chi connectivity index (χ2v) is 14.7. The summed E-state index contributed by atoms with van der Waals surface area (Å²) in [6.45, 7) is 3.37. The lowest BCUT2D eigenvalue weighted by molar-refractivity contribution is -0.140. The van der Waals surface area contributed by atoms with Gasteiger partial charge in [-0.3, -0.25) is 13.9 Å². The van der Waals surface area contributed by atoms with E-state index in [0.29, 0.717) is 10.7 Å². The van der Waals surface area contributed by atoms with Crippen molar-refractivity contribution in [1.29, 1.82) is 0 Å². The van der Waals surface area contributed by atoms with Crippen molar-refractivity contribution >= 4 is 39.1 Å². The van der Waals surface area contributed by atoms with Crippen molar-refractivity contribution in [2.24, 2.45) is 0 Å². The van der Waals surface area contributed by atoms with E-state index in [1.165, 1.54) is 4.90 Å². The molecule has 0 saturated heterocycles. The fraction of sp³-hybridized carbons (Fsp3) is 0.316. The summed E-state index contributed by atoms with van der Waals surface area (Å²) in [4.78, 5) is 30.5.